The second-order valence-corrected chi connectivity index (χ2v) is 5.13. The minimum atomic E-state index is -0.973. The summed E-state index contributed by atoms with van der Waals surface area (Å²) in [5, 5.41) is 18.5. The SMILES string of the molecule is O=C(O)c1cccc(OCCSc2ccccc2O)c1. The van der Waals surface area contributed by atoms with Crippen molar-refractivity contribution in [2.24, 2.45) is 0 Å². The Labute approximate surface area is 121 Å². The monoisotopic (exact) mass is 290 g/mol. The molecule has 0 aliphatic heterocycles. The molecule has 0 aromatic heterocycles. The second kappa shape index (κ2) is 6.86. The first-order valence-corrected chi connectivity index (χ1v) is 7.02. The summed E-state index contributed by atoms with van der Waals surface area (Å²) >= 11 is 1.49. The first-order chi connectivity index (χ1) is 9.66. The lowest BCUT2D eigenvalue weighted by molar-refractivity contribution is 0.0696. The number of phenols is 1. The van der Waals surface area contributed by atoms with Crippen LogP contribution in [0.5, 0.6) is 11.5 Å². The van der Waals surface area contributed by atoms with E-state index in [0.717, 1.165) is 4.90 Å². The molecule has 4 nitrogen and oxygen atoms in total. The van der Waals surface area contributed by atoms with E-state index >= 15 is 0 Å². The van der Waals surface area contributed by atoms with Crippen molar-refractivity contribution in [1.29, 1.82) is 0 Å². The van der Waals surface area contributed by atoms with E-state index in [9.17, 15) is 9.90 Å². The zero-order valence-corrected chi connectivity index (χ0v) is 11.5. The molecular formula is C15H14O4S. The van der Waals surface area contributed by atoms with Crippen LogP contribution in [0.3, 0.4) is 0 Å². The molecule has 0 aliphatic rings. The van der Waals surface area contributed by atoms with Gasteiger partial charge in [-0.1, -0.05) is 18.2 Å². The molecule has 0 spiro atoms. The van der Waals surface area contributed by atoms with Crippen LogP contribution in [-0.4, -0.2) is 28.5 Å². The van der Waals surface area contributed by atoms with Crippen LogP contribution < -0.4 is 4.74 Å². The topological polar surface area (TPSA) is 66.8 Å². The Kier molecular flexibility index (Phi) is 4.90. The number of aromatic hydroxyl groups is 1. The van der Waals surface area contributed by atoms with Crippen molar-refractivity contribution >= 4 is 17.7 Å². The van der Waals surface area contributed by atoms with Crippen LogP contribution in [0.4, 0.5) is 0 Å². The molecule has 2 aromatic rings. The van der Waals surface area contributed by atoms with Crippen LogP contribution in [0.15, 0.2) is 53.4 Å². The van der Waals surface area contributed by atoms with Crippen LogP contribution in [0.25, 0.3) is 0 Å². The predicted octanol–water partition coefficient (Wildman–Crippen LogP) is 3.26. The lowest BCUT2D eigenvalue weighted by Crippen LogP contribution is -2.02. The summed E-state index contributed by atoms with van der Waals surface area (Å²) in [6.45, 7) is 0.433. The summed E-state index contributed by atoms with van der Waals surface area (Å²) < 4.78 is 5.49. The zero-order chi connectivity index (χ0) is 14.4. The van der Waals surface area contributed by atoms with Crippen molar-refractivity contribution in [3.63, 3.8) is 0 Å². The summed E-state index contributed by atoms with van der Waals surface area (Å²) in [5.74, 6) is 0.474. The van der Waals surface area contributed by atoms with Crippen LogP contribution in [0, 0.1) is 0 Å². The average Bonchev–Trinajstić information content (AvgIpc) is 2.45. The standard InChI is InChI=1S/C15H14O4S/c16-13-6-1-2-7-14(13)20-9-8-19-12-5-3-4-11(10-12)15(17)18/h1-7,10,16H,8-9H2,(H,17,18). The van der Waals surface area contributed by atoms with Crippen molar-refractivity contribution in [2.75, 3.05) is 12.4 Å². The van der Waals surface area contributed by atoms with E-state index in [2.05, 4.69) is 0 Å². The summed E-state index contributed by atoms with van der Waals surface area (Å²) in [7, 11) is 0. The summed E-state index contributed by atoms with van der Waals surface area (Å²) in [6.07, 6.45) is 0. The molecular weight excluding hydrogens is 276 g/mol. The van der Waals surface area contributed by atoms with E-state index in [0.29, 0.717) is 18.1 Å². The van der Waals surface area contributed by atoms with Crippen molar-refractivity contribution in [1.82, 2.24) is 0 Å². The zero-order valence-electron chi connectivity index (χ0n) is 10.7. The van der Waals surface area contributed by atoms with E-state index < -0.39 is 5.97 Å². The smallest absolute Gasteiger partial charge is 0.335 e. The summed E-state index contributed by atoms with van der Waals surface area (Å²) in [6, 6.07) is 13.5. The Hall–Kier alpha value is -2.14. The molecule has 0 radical (unpaired) electrons. The van der Waals surface area contributed by atoms with Crippen molar-refractivity contribution < 1.29 is 19.7 Å². The van der Waals surface area contributed by atoms with E-state index in [1.165, 1.54) is 23.9 Å². The highest BCUT2D eigenvalue weighted by Crippen LogP contribution is 2.27. The van der Waals surface area contributed by atoms with E-state index in [4.69, 9.17) is 9.84 Å². The number of thioether (sulfide) groups is 1. The number of carboxylic acids is 1. The predicted molar refractivity (Wildman–Crippen MR) is 77.7 cm³/mol. The van der Waals surface area contributed by atoms with Crippen LogP contribution >= 0.6 is 11.8 Å². The molecule has 2 aromatic carbocycles. The normalized spacial score (nSPS) is 10.2. The highest BCUT2D eigenvalue weighted by atomic mass is 32.2. The molecule has 0 saturated heterocycles. The van der Waals surface area contributed by atoms with Gasteiger partial charge in [0.2, 0.25) is 0 Å². The van der Waals surface area contributed by atoms with Crippen LogP contribution in [-0.2, 0) is 0 Å². The van der Waals surface area contributed by atoms with Crippen LogP contribution in [0.1, 0.15) is 10.4 Å². The van der Waals surface area contributed by atoms with Gasteiger partial charge < -0.3 is 14.9 Å². The number of hydrogen-bond acceptors (Lipinski definition) is 4. The van der Waals surface area contributed by atoms with Gasteiger partial charge in [0.25, 0.3) is 0 Å². The Morgan fingerprint density at radius 1 is 1.15 bits per heavy atom. The Bertz CT molecular complexity index is 598. The lowest BCUT2D eigenvalue weighted by Gasteiger charge is -2.07. The number of carbonyl (C=O) groups is 1. The molecule has 0 atom stereocenters. The molecule has 0 bridgehead atoms. The van der Waals surface area contributed by atoms with Gasteiger partial charge in [-0.05, 0) is 30.3 Å². The average molecular weight is 290 g/mol. The third-order valence-corrected chi connectivity index (χ3v) is 3.58. The highest BCUT2D eigenvalue weighted by molar-refractivity contribution is 7.99. The third kappa shape index (κ3) is 3.93. The van der Waals surface area contributed by atoms with Gasteiger partial charge in [0, 0.05) is 10.6 Å². The van der Waals surface area contributed by atoms with E-state index in [-0.39, 0.29) is 11.3 Å². The number of phenolic OH excluding ortho intramolecular Hbond substituents is 1. The number of aromatic carboxylic acids is 1. The van der Waals surface area contributed by atoms with Crippen molar-refractivity contribution in [3.05, 3.63) is 54.1 Å². The number of ether oxygens (including phenoxy) is 1. The maximum absolute atomic E-state index is 10.8. The highest BCUT2D eigenvalue weighted by Gasteiger charge is 2.04. The molecule has 0 fully saturated rings. The second-order valence-electron chi connectivity index (χ2n) is 4.00. The van der Waals surface area contributed by atoms with Gasteiger partial charge in [0.15, 0.2) is 0 Å². The molecule has 104 valence electrons. The van der Waals surface area contributed by atoms with Crippen molar-refractivity contribution in [2.45, 2.75) is 4.90 Å². The number of carboxylic acid groups (broad SMARTS) is 1. The fraction of sp³-hybridized carbons (Fsp3) is 0.133. The number of hydrogen-bond donors (Lipinski definition) is 2. The molecule has 5 heteroatoms. The summed E-state index contributed by atoms with van der Waals surface area (Å²) in [5.41, 5.74) is 0.204. The number of rotatable bonds is 6. The van der Waals surface area contributed by atoms with Crippen LogP contribution in [0.2, 0.25) is 0 Å². The van der Waals surface area contributed by atoms with Gasteiger partial charge in [-0.3, -0.25) is 0 Å². The molecule has 0 amide bonds. The molecule has 0 saturated carbocycles. The first-order valence-electron chi connectivity index (χ1n) is 6.04. The maximum atomic E-state index is 10.8. The van der Waals surface area contributed by atoms with E-state index in [1.807, 2.05) is 12.1 Å². The molecule has 0 unspecified atom stereocenters. The van der Waals surface area contributed by atoms with Crippen molar-refractivity contribution in [3.8, 4) is 11.5 Å². The van der Waals surface area contributed by atoms with Gasteiger partial charge in [-0.25, -0.2) is 4.79 Å². The Balaban J connectivity index is 1.83. The first kappa shape index (κ1) is 14.3. The fourth-order valence-corrected chi connectivity index (χ4v) is 2.39. The Morgan fingerprint density at radius 3 is 2.70 bits per heavy atom. The molecule has 20 heavy (non-hydrogen) atoms. The van der Waals surface area contributed by atoms with Gasteiger partial charge in [0.05, 0.1) is 12.2 Å². The molecule has 2 rings (SSSR count). The fourth-order valence-electron chi connectivity index (χ4n) is 1.61. The van der Waals surface area contributed by atoms with Gasteiger partial charge >= 0.3 is 5.97 Å². The van der Waals surface area contributed by atoms with Gasteiger partial charge in [-0.2, -0.15) is 0 Å². The summed E-state index contributed by atoms with van der Waals surface area (Å²) in [4.78, 5) is 11.6. The Morgan fingerprint density at radius 2 is 1.95 bits per heavy atom. The maximum Gasteiger partial charge on any atom is 0.335 e. The molecule has 0 aliphatic carbocycles. The number of para-hydroxylation sites is 1. The molecule has 2 N–H and O–H groups in total. The van der Waals surface area contributed by atoms with E-state index in [1.54, 1.807) is 24.3 Å². The van der Waals surface area contributed by atoms with Gasteiger partial charge in [0.1, 0.15) is 11.5 Å². The lowest BCUT2D eigenvalue weighted by atomic mass is 10.2. The van der Waals surface area contributed by atoms with Gasteiger partial charge in [-0.15, -0.1) is 11.8 Å². The number of benzene rings is 2. The minimum absolute atomic E-state index is 0.204. The quantitative estimate of drug-likeness (QED) is 0.631. The third-order valence-electron chi connectivity index (χ3n) is 2.56. The minimum Gasteiger partial charge on any atom is -0.507 e. The molecule has 0 heterocycles. The largest absolute Gasteiger partial charge is 0.507 e.